The normalized spacial score (nSPS) is 14.6. The molecule has 162 valence electrons. The topological polar surface area (TPSA) is 51.1 Å². The van der Waals surface area contributed by atoms with Crippen molar-refractivity contribution in [2.75, 3.05) is 18.1 Å². The van der Waals surface area contributed by atoms with E-state index in [9.17, 15) is 4.79 Å². The van der Waals surface area contributed by atoms with Gasteiger partial charge in [0.1, 0.15) is 11.5 Å². The van der Waals surface area contributed by atoms with Crippen molar-refractivity contribution in [1.29, 1.82) is 0 Å². The van der Waals surface area contributed by atoms with E-state index in [4.69, 9.17) is 14.5 Å². The third-order valence-corrected chi connectivity index (χ3v) is 5.06. The van der Waals surface area contributed by atoms with Crippen molar-refractivity contribution < 1.29 is 14.3 Å². The van der Waals surface area contributed by atoms with Crippen LogP contribution in [0.3, 0.4) is 0 Å². The minimum atomic E-state index is -0.167. The highest BCUT2D eigenvalue weighted by atomic mass is 16.5. The van der Waals surface area contributed by atoms with Crippen LogP contribution in [-0.2, 0) is 4.79 Å². The summed E-state index contributed by atoms with van der Waals surface area (Å²) in [5.41, 5.74) is 3.99. The Kier molecular flexibility index (Phi) is 6.36. The number of carbonyl (C=O) groups is 1. The van der Waals surface area contributed by atoms with Gasteiger partial charge >= 0.3 is 0 Å². The third-order valence-electron chi connectivity index (χ3n) is 5.06. The molecule has 0 unspecified atom stereocenters. The molecule has 0 fully saturated rings. The first kappa shape index (κ1) is 21.4. The Morgan fingerprint density at radius 3 is 2.25 bits per heavy atom. The molecule has 0 saturated heterocycles. The van der Waals surface area contributed by atoms with E-state index in [-0.39, 0.29) is 5.91 Å². The van der Waals surface area contributed by atoms with Gasteiger partial charge in [-0.2, -0.15) is 0 Å². The number of amidine groups is 1. The number of ether oxygens (including phenoxy) is 2. The lowest BCUT2D eigenvalue weighted by atomic mass is 10.1. The Balaban J connectivity index is 1.76. The molecule has 0 aromatic heterocycles. The number of amides is 1. The first-order valence-corrected chi connectivity index (χ1v) is 10.8. The molecule has 3 aromatic rings. The number of hydrogen-bond donors (Lipinski definition) is 0. The molecule has 5 nitrogen and oxygen atoms in total. The molecule has 0 N–H and O–H groups in total. The Morgan fingerprint density at radius 1 is 0.875 bits per heavy atom. The van der Waals surface area contributed by atoms with Crippen LogP contribution in [0, 0.1) is 6.92 Å². The summed E-state index contributed by atoms with van der Waals surface area (Å²) in [4.78, 5) is 19.8. The zero-order valence-electron chi connectivity index (χ0n) is 18.5. The Bertz CT molecular complexity index is 1170. The lowest BCUT2D eigenvalue weighted by molar-refractivity contribution is -0.113. The van der Waals surface area contributed by atoms with Crippen LogP contribution in [0.4, 0.5) is 5.69 Å². The van der Waals surface area contributed by atoms with E-state index in [0.29, 0.717) is 36.2 Å². The van der Waals surface area contributed by atoms with Crippen LogP contribution in [0.5, 0.6) is 11.5 Å². The number of aryl methyl sites for hydroxylation is 1. The van der Waals surface area contributed by atoms with Crippen molar-refractivity contribution in [2.45, 2.75) is 20.8 Å². The summed E-state index contributed by atoms with van der Waals surface area (Å²) in [5, 5.41) is 0. The summed E-state index contributed by atoms with van der Waals surface area (Å²) in [7, 11) is 0. The molecule has 0 saturated carbocycles. The van der Waals surface area contributed by atoms with E-state index in [1.54, 1.807) is 11.0 Å². The molecule has 0 aliphatic carbocycles. The van der Waals surface area contributed by atoms with Crippen LogP contribution in [0.25, 0.3) is 6.08 Å². The largest absolute Gasteiger partial charge is 0.490 e. The van der Waals surface area contributed by atoms with Gasteiger partial charge in [0.2, 0.25) is 0 Å². The predicted molar refractivity (Wildman–Crippen MR) is 128 cm³/mol. The molecule has 0 radical (unpaired) electrons. The second kappa shape index (κ2) is 9.52. The van der Waals surface area contributed by atoms with Crippen LogP contribution in [-0.4, -0.2) is 25.0 Å². The summed E-state index contributed by atoms with van der Waals surface area (Å²) in [6.45, 7) is 6.96. The monoisotopic (exact) mass is 426 g/mol. The van der Waals surface area contributed by atoms with E-state index < -0.39 is 0 Å². The van der Waals surface area contributed by atoms with Gasteiger partial charge in [0.05, 0.1) is 18.9 Å². The van der Waals surface area contributed by atoms with Crippen molar-refractivity contribution in [1.82, 2.24) is 0 Å². The molecular formula is C27H26N2O3. The second-order valence-electron chi connectivity index (χ2n) is 7.38. The number of anilines is 1. The molecule has 0 spiro atoms. The lowest BCUT2D eigenvalue weighted by Gasteiger charge is -2.18. The van der Waals surface area contributed by atoms with Crippen molar-refractivity contribution in [2.24, 2.45) is 4.99 Å². The molecule has 1 aliphatic rings. The number of nitrogens with zero attached hydrogens (tertiary/aromatic N) is 2. The lowest BCUT2D eigenvalue weighted by Crippen LogP contribution is -2.32. The quantitative estimate of drug-likeness (QED) is 0.460. The SMILES string of the molecule is CCOc1ccc(/C=C2\N=C(c3ccccc3)N(c3ccc(C)cc3)C2=O)cc1OCC. The van der Waals surface area contributed by atoms with Gasteiger partial charge < -0.3 is 9.47 Å². The maximum absolute atomic E-state index is 13.4. The fraction of sp³-hybridized carbons (Fsp3) is 0.185. The van der Waals surface area contributed by atoms with Gasteiger partial charge in [-0.3, -0.25) is 9.69 Å². The van der Waals surface area contributed by atoms with Crippen LogP contribution < -0.4 is 14.4 Å². The standard InChI is InChI=1S/C27H26N2O3/c1-4-31-24-16-13-20(18-25(24)32-5-2)17-23-27(30)29(22-14-11-19(3)12-15-22)26(28-23)21-9-7-6-8-10-21/h6-18H,4-5H2,1-3H3/b23-17-. The third kappa shape index (κ3) is 4.42. The van der Waals surface area contributed by atoms with Crippen molar-refractivity contribution in [3.05, 3.63) is 95.2 Å². The Labute approximate surface area is 188 Å². The minimum absolute atomic E-state index is 0.167. The summed E-state index contributed by atoms with van der Waals surface area (Å²) >= 11 is 0. The number of rotatable bonds is 7. The fourth-order valence-corrected chi connectivity index (χ4v) is 3.55. The Hall–Kier alpha value is -3.86. The average molecular weight is 427 g/mol. The van der Waals surface area contributed by atoms with Gasteiger partial charge in [-0.15, -0.1) is 0 Å². The maximum atomic E-state index is 13.4. The molecule has 32 heavy (non-hydrogen) atoms. The maximum Gasteiger partial charge on any atom is 0.282 e. The predicted octanol–water partition coefficient (Wildman–Crippen LogP) is 5.63. The van der Waals surface area contributed by atoms with E-state index in [2.05, 4.69) is 0 Å². The zero-order chi connectivity index (χ0) is 22.5. The van der Waals surface area contributed by atoms with Crippen LogP contribution in [0.15, 0.2) is 83.5 Å². The molecule has 3 aromatic carbocycles. The highest BCUT2D eigenvalue weighted by Gasteiger charge is 2.32. The molecule has 1 aliphatic heterocycles. The molecular weight excluding hydrogens is 400 g/mol. The van der Waals surface area contributed by atoms with Crippen LogP contribution >= 0.6 is 0 Å². The summed E-state index contributed by atoms with van der Waals surface area (Å²) < 4.78 is 11.4. The van der Waals surface area contributed by atoms with E-state index in [1.807, 2.05) is 93.6 Å². The summed E-state index contributed by atoms with van der Waals surface area (Å²) in [6.07, 6.45) is 1.79. The minimum Gasteiger partial charge on any atom is -0.490 e. The molecule has 0 atom stereocenters. The molecule has 0 bridgehead atoms. The van der Waals surface area contributed by atoms with E-state index >= 15 is 0 Å². The van der Waals surface area contributed by atoms with Crippen molar-refractivity contribution >= 4 is 23.5 Å². The van der Waals surface area contributed by atoms with Crippen molar-refractivity contribution in [3.63, 3.8) is 0 Å². The van der Waals surface area contributed by atoms with Gasteiger partial charge in [-0.25, -0.2) is 4.99 Å². The highest BCUT2D eigenvalue weighted by Crippen LogP contribution is 2.32. The Morgan fingerprint density at radius 2 is 1.56 bits per heavy atom. The second-order valence-corrected chi connectivity index (χ2v) is 7.38. The highest BCUT2D eigenvalue weighted by molar-refractivity contribution is 6.33. The summed E-state index contributed by atoms with van der Waals surface area (Å²) in [6, 6.07) is 23.3. The van der Waals surface area contributed by atoms with Crippen LogP contribution in [0.1, 0.15) is 30.5 Å². The first-order chi connectivity index (χ1) is 15.6. The van der Waals surface area contributed by atoms with Gasteiger partial charge in [0, 0.05) is 5.56 Å². The van der Waals surface area contributed by atoms with Gasteiger partial charge in [0.15, 0.2) is 11.5 Å². The number of aliphatic imine (C=N–C) groups is 1. The first-order valence-electron chi connectivity index (χ1n) is 10.8. The molecule has 1 amide bonds. The molecule has 4 rings (SSSR count). The average Bonchev–Trinajstić information content (AvgIpc) is 3.13. The fourth-order valence-electron chi connectivity index (χ4n) is 3.55. The van der Waals surface area contributed by atoms with Crippen LogP contribution in [0.2, 0.25) is 0 Å². The molecule has 5 heteroatoms. The number of carbonyl (C=O) groups excluding carboxylic acids is 1. The van der Waals surface area contributed by atoms with Gasteiger partial charge in [-0.1, -0.05) is 54.1 Å². The smallest absolute Gasteiger partial charge is 0.282 e. The van der Waals surface area contributed by atoms with E-state index in [1.165, 1.54) is 0 Å². The molecule has 1 heterocycles. The van der Waals surface area contributed by atoms with Gasteiger partial charge in [-0.05, 0) is 56.7 Å². The van der Waals surface area contributed by atoms with E-state index in [0.717, 1.165) is 22.4 Å². The van der Waals surface area contributed by atoms with Gasteiger partial charge in [0.25, 0.3) is 5.91 Å². The summed E-state index contributed by atoms with van der Waals surface area (Å²) in [5.74, 6) is 1.78. The van der Waals surface area contributed by atoms with Crippen molar-refractivity contribution in [3.8, 4) is 11.5 Å². The number of hydrogen-bond acceptors (Lipinski definition) is 4. The zero-order valence-corrected chi connectivity index (χ0v) is 18.5. The number of benzene rings is 3.